The third-order valence-corrected chi connectivity index (χ3v) is 3.91. The van der Waals surface area contributed by atoms with Gasteiger partial charge in [-0.15, -0.1) is 0 Å². The zero-order valence-corrected chi connectivity index (χ0v) is 12.2. The number of hydrogen-bond acceptors (Lipinski definition) is 2. The van der Waals surface area contributed by atoms with Crippen molar-refractivity contribution in [1.29, 1.82) is 0 Å². The summed E-state index contributed by atoms with van der Waals surface area (Å²) in [6.07, 6.45) is 3.11. The summed E-state index contributed by atoms with van der Waals surface area (Å²) in [5, 5.41) is 3.36. The molecule has 1 amide bonds. The van der Waals surface area contributed by atoms with E-state index in [-0.39, 0.29) is 5.91 Å². The molecule has 1 N–H and O–H groups in total. The Morgan fingerprint density at radius 1 is 1.44 bits per heavy atom. The highest BCUT2D eigenvalue weighted by Crippen LogP contribution is 2.19. The van der Waals surface area contributed by atoms with Crippen molar-refractivity contribution in [2.45, 2.75) is 31.8 Å². The molecular weight excluding hydrogens is 292 g/mol. The van der Waals surface area contributed by atoms with Crippen molar-refractivity contribution >= 4 is 21.8 Å². The van der Waals surface area contributed by atoms with E-state index in [1.165, 1.54) is 12.8 Å². The summed E-state index contributed by atoms with van der Waals surface area (Å²) in [4.78, 5) is 13.7. The maximum atomic E-state index is 11.9. The summed E-state index contributed by atoms with van der Waals surface area (Å²) >= 11 is 3.50. The van der Waals surface area contributed by atoms with E-state index in [9.17, 15) is 4.79 Å². The molecule has 1 aromatic carbocycles. The van der Waals surface area contributed by atoms with E-state index < -0.39 is 0 Å². The van der Waals surface area contributed by atoms with Crippen molar-refractivity contribution in [2.75, 3.05) is 13.6 Å². The molecular formula is C14H19BrN2O. The number of rotatable bonds is 6. The van der Waals surface area contributed by atoms with Crippen LogP contribution in [0.2, 0.25) is 0 Å². The molecule has 98 valence electrons. The van der Waals surface area contributed by atoms with E-state index in [0.29, 0.717) is 19.0 Å². The zero-order chi connectivity index (χ0) is 13.0. The Hall–Kier alpha value is -0.870. The van der Waals surface area contributed by atoms with Crippen LogP contribution >= 0.6 is 15.9 Å². The van der Waals surface area contributed by atoms with Gasteiger partial charge in [0.25, 0.3) is 0 Å². The molecule has 4 heteroatoms. The summed E-state index contributed by atoms with van der Waals surface area (Å²) in [5.41, 5.74) is 1.14. The lowest BCUT2D eigenvalue weighted by atomic mass is 10.2. The van der Waals surface area contributed by atoms with E-state index in [4.69, 9.17) is 0 Å². The lowest BCUT2D eigenvalue weighted by Gasteiger charge is -2.18. The second-order valence-electron chi connectivity index (χ2n) is 4.82. The third kappa shape index (κ3) is 4.10. The minimum atomic E-state index is 0.193. The molecule has 0 aliphatic heterocycles. The number of nitrogens with zero attached hydrogens (tertiary/aromatic N) is 1. The predicted molar refractivity (Wildman–Crippen MR) is 76.3 cm³/mol. The normalized spacial score (nSPS) is 14.6. The molecule has 1 aromatic rings. The van der Waals surface area contributed by atoms with Crippen molar-refractivity contribution in [3.63, 3.8) is 0 Å². The van der Waals surface area contributed by atoms with Crippen molar-refractivity contribution in [2.24, 2.45) is 0 Å². The van der Waals surface area contributed by atoms with Gasteiger partial charge in [-0.2, -0.15) is 0 Å². The molecule has 18 heavy (non-hydrogen) atoms. The van der Waals surface area contributed by atoms with Crippen LogP contribution in [0.25, 0.3) is 0 Å². The Bertz CT molecular complexity index is 418. The Labute approximate surface area is 117 Å². The van der Waals surface area contributed by atoms with Crippen LogP contribution in [0.1, 0.15) is 24.8 Å². The minimum Gasteiger partial charge on any atom is -0.341 e. The van der Waals surface area contributed by atoms with Gasteiger partial charge in [0.15, 0.2) is 0 Å². The molecule has 3 nitrogen and oxygen atoms in total. The second kappa shape index (κ2) is 6.34. The van der Waals surface area contributed by atoms with Gasteiger partial charge < -0.3 is 10.2 Å². The van der Waals surface area contributed by atoms with E-state index >= 15 is 0 Å². The third-order valence-electron chi connectivity index (χ3n) is 3.14. The first-order valence-electron chi connectivity index (χ1n) is 6.37. The minimum absolute atomic E-state index is 0.193. The quantitative estimate of drug-likeness (QED) is 0.876. The van der Waals surface area contributed by atoms with Crippen LogP contribution in [0.15, 0.2) is 28.7 Å². The summed E-state index contributed by atoms with van der Waals surface area (Å²) < 4.78 is 1.06. The highest BCUT2D eigenvalue weighted by atomic mass is 79.9. The summed E-state index contributed by atoms with van der Waals surface area (Å²) in [6, 6.07) is 8.69. The fraction of sp³-hybridized carbons (Fsp3) is 0.500. The fourth-order valence-corrected chi connectivity index (χ4v) is 2.24. The molecule has 0 atom stereocenters. The molecule has 1 saturated carbocycles. The van der Waals surface area contributed by atoms with Gasteiger partial charge >= 0.3 is 0 Å². The van der Waals surface area contributed by atoms with Gasteiger partial charge in [-0.1, -0.05) is 34.1 Å². The molecule has 2 rings (SSSR count). The number of amides is 1. The molecule has 0 radical (unpaired) electrons. The standard InChI is InChI=1S/C14H19BrN2O/c1-17(10-11-4-2-3-5-13(11)15)14(18)8-9-16-12-6-7-12/h2-5,12,16H,6-10H2,1H3. The topological polar surface area (TPSA) is 32.3 Å². The van der Waals surface area contributed by atoms with Crippen LogP contribution in [0.4, 0.5) is 0 Å². The van der Waals surface area contributed by atoms with Gasteiger partial charge in [0.1, 0.15) is 0 Å². The van der Waals surface area contributed by atoms with Crippen LogP contribution in [0, 0.1) is 0 Å². The van der Waals surface area contributed by atoms with Gasteiger partial charge in [-0.05, 0) is 24.5 Å². The first-order valence-corrected chi connectivity index (χ1v) is 7.17. The van der Waals surface area contributed by atoms with E-state index in [2.05, 4.69) is 21.2 Å². The highest BCUT2D eigenvalue weighted by Gasteiger charge is 2.20. The van der Waals surface area contributed by atoms with Crippen LogP contribution in [0.3, 0.4) is 0 Å². The Morgan fingerprint density at radius 2 is 2.17 bits per heavy atom. The van der Waals surface area contributed by atoms with E-state index in [1.807, 2.05) is 31.3 Å². The highest BCUT2D eigenvalue weighted by molar-refractivity contribution is 9.10. The smallest absolute Gasteiger partial charge is 0.223 e. The lowest BCUT2D eigenvalue weighted by molar-refractivity contribution is -0.130. The predicted octanol–water partition coefficient (Wildman–Crippen LogP) is 2.55. The Kier molecular flexibility index (Phi) is 4.78. The molecule has 1 aliphatic rings. The number of carbonyl (C=O) groups is 1. The van der Waals surface area contributed by atoms with Gasteiger partial charge in [-0.25, -0.2) is 0 Å². The Balaban J connectivity index is 1.77. The van der Waals surface area contributed by atoms with Gasteiger partial charge in [0.05, 0.1) is 0 Å². The molecule has 0 saturated heterocycles. The molecule has 0 bridgehead atoms. The number of nitrogens with one attached hydrogen (secondary N) is 1. The van der Waals surface area contributed by atoms with Crippen molar-refractivity contribution < 1.29 is 4.79 Å². The maximum Gasteiger partial charge on any atom is 0.223 e. The molecule has 1 fully saturated rings. The second-order valence-corrected chi connectivity index (χ2v) is 5.67. The summed E-state index contributed by atoms with van der Waals surface area (Å²) in [6.45, 7) is 1.45. The van der Waals surface area contributed by atoms with Crippen LogP contribution in [-0.2, 0) is 11.3 Å². The first kappa shape index (κ1) is 13.6. The zero-order valence-electron chi connectivity index (χ0n) is 10.7. The average Bonchev–Trinajstić information content (AvgIpc) is 3.16. The van der Waals surface area contributed by atoms with Crippen molar-refractivity contribution in [1.82, 2.24) is 10.2 Å². The number of halogens is 1. The lowest BCUT2D eigenvalue weighted by Crippen LogP contribution is -2.30. The average molecular weight is 311 g/mol. The summed E-state index contributed by atoms with van der Waals surface area (Å²) in [5.74, 6) is 0.193. The molecule has 0 spiro atoms. The maximum absolute atomic E-state index is 11.9. The van der Waals surface area contributed by atoms with Crippen LogP contribution < -0.4 is 5.32 Å². The SMILES string of the molecule is CN(Cc1ccccc1Br)C(=O)CCNC1CC1. The van der Waals surface area contributed by atoms with Crippen LogP contribution in [-0.4, -0.2) is 30.4 Å². The largest absolute Gasteiger partial charge is 0.341 e. The van der Waals surface area contributed by atoms with Gasteiger partial charge in [0.2, 0.25) is 5.91 Å². The molecule has 0 heterocycles. The Morgan fingerprint density at radius 3 is 2.83 bits per heavy atom. The monoisotopic (exact) mass is 310 g/mol. The fourth-order valence-electron chi connectivity index (χ4n) is 1.83. The molecule has 1 aliphatic carbocycles. The van der Waals surface area contributed by atoms with Gasteiger partial charge in [0, 0.05) is 37.1 Å². The van der Waals surface area contributed by atoms with Crippen LogP contribution in [0.5, 0.6) is 0 Å². The molecule has 0 aromatic heterocycles. The number of carbonyl (C=O) groups excluding carboxylic acids is 1. The van der Waals surface area contributed by atoms with Crippen molar-refractivity contribution in [3.8, 4) is 0 Å². The van der Waals surface area contributed by atoms with Crippen molar-refractivity contribution in [3.05, 3.63) is 34.3 Å². The molecule has 0 unspecified atom stereocenters. The van der Waals surface area contributed by atoms with Gasteiger partial charge in [-0.3, -0.25) is 4.79 Å². The van der Waals surface area contributed by atoms with E-state index in [0.717, 1.165) is 16.6 Å². The summed E-state index contributed by atoms with van der Waals surface area (Å²) in [7, 11) is 1.86. The number of hydrogen-bond donors (Lipinski definition) is 1. The first-order chi connectivity index (χ1) is 8.66. The number of benzene rings is 1. The van der Waals surface area contributed by atoms with E-state index in [1.54, 1.807) is 4.90 Å².